The minimum absolute atomic E-state index is 0.265. The second kappa shape index (κ2) is 6.84. The van der Waals surface area contributed by atoms with Crippen LogP contribution in [0.25, 0.3) is 22.6 Å². The molecule has 8 heteroatoms. The molecule has 0 N–H and O–H groups in total. The third kappa shape index (κ3) is 3.32. The summed E-state index contributed by atoms with van der Waals surface area (Å²) in [5.74, 6) is -0.858. The van der Waals surface area contributed by atoms with Gasteiger partial charge in [-0.1, -0.05) is 6.92 Å². The van der Waals surface area contributed by atoms with Crippen molar-refractivity contribution in [1.82, 2.24) is 19.5 Å². The summed E-state index contributed by atoms with van der Waals surface area (Å²) < 4.78 is 26.9. The van der Waals surface area contributed by atoms with Crippen LogP contribution in [0.1, 0.15) is 6.92 Å². The lowest BCUT2D eigenvalue weighted by Crippen LogP contribution is -1.96. The highest BCUT2D eigenvalue weighted by molar-refractivity contribution is 7.99. The Balaban J connectivity index is 2.10. The molecule has 0 aromatic carbocycles. The summed E-state index contributed by atoms with van der Waals surface area (Å²) in [5.41, 5.74) is 2.22. The van der Waals surface area contributed by atoms with Crippen LogP contribution in [0.3, 0.4) is 0 Å². The zero-order valence-corrected chi connectivity index (χ0v) is 14.2. The molecule has 120 valence electrons. The molecule has 3 heterocycles. The fourth-order valence-electron chi connectivity index (χ4n) is 2.27. The molecule has 0 spiro atoms. The molecule has 0 radical (unpaired) electrons. The summed E-state index contributed by atoms with van der Waals surface area (Å²) in [6.45, 7) is 2.08. The standard InChI is InChI=1S/C15H14F2N4S2/c1-3-22-11-5-4-6-18-13(11)14-20-9-7-12(23-15(16)17)19-8-10(9)21(14)2/h4-8,15H,3H2,1-2H3. The van der Waals surface area contributed by atoms with Gasteiger partial charge in [-0.15, -0.1) is 11.8 Å². The molecule has 0 unspecified atom stereocenters. The highest BCUT2D eigenvalue weighted by atomic mass is 32.2. The summed E-state index contributed by atoms with van der Waals surface area (Å²) in [7, 11) is 1.88. The summed E-state index contributed by atoms with van der Waals surface area (Å²) >= 11 is 2.11. The Bertz CT molecular complexity index is 835. The number of hydrogen-bond acceptors (Lipinski definition) is 5. The minimum Gasteiger partial charge on any atom is -0.325 e. The second-order valence-electron chi connectivity index (χ2n) is 4.67. The van der Waals surface area contributed by atoms with E-state index in [9.17, 15) is 8.78 Å². The average Bonchev–Trinajstić information content (AvgIpc) is 2.84. The van der Waals surface area contributed by atoms with Crippen molar-refractivity contribution < 1.29 is 8.78 Å². The Morgan fingerprint density at radius 3 is 2.87 bits per heavy atom. The smallest absolute Gasteiger partial charge is 0.290 e. The van der Waals surface area contributed by atoms with Gasteiger partial charge in [0.2, 0.25) is 0 Å². The zero-order valence-electron chi connectivity index (χ0n) is 12.5. The number of alkyl halides is 2. The largest absolute Gasteiger partial charge is 0.325 e. The van der Waals surface area contributed by atoms with Crippen LogP contribution in [0, 0.1) is 0 Å². The molecule has 3 aromatic heterocycles. The van der Waals surface area contributed by atoms with Gasteiger partial charge in [-0.2, -0.15) is 8.78 Å². The first-order valence-corrected chi connectivity index (χ1v) is 8.82. The van der Waals surface area contributed by atoms with Gasteiger partial charge in [0.25, 0.3) is 5.76 Å². The molecule has 0 saturated carbocycles. The summed E-state index contributed by atoms with van der Waals surface area (Å²) in [6.07, 6.45) is 3.30. The van der Waals surface area contributed by atoms with Crippen molar-refractivity contribution in [1.29, 1.82) is 0 Å². The van der Waals surface area contributed by atoms with Gasteiger partial charge in [0.1, 0.15) is 10.7 Å². The number of imidazole rings is 1. The number of aryl methyl sites for hydroxylation is 1. The number of rotatable bonds is 5. The van der Waals surface area contributed by atoms with Crippen LogP contribution in [0.5, 0.6) is 0 Å². The lowest BCUT2D eigenvalue weighted by atomic mass is 10.3. The molecule has 3 aromatic rings. The molecule has 0 amide bonds. The highest BCUT2D eigenvalue weighted by Crippen LogP contribution is 2.32. The molecule has 23 heavy (non-hydrogen) atoms. The van der Waals surface area contributed by atoms with Crippen molar-refractivity contribution >= 4 is 34.6 Å². The lowest BCUT2D eigenvalue weighted by molar-refractivity contribution is 0.252. The Morgan fingerprint density at radius 1 is 1.30 bits per heavy atom. The van der Waals surface area contributed by atoms with E-state index in [1.807, 2.05) is 23.7 Å². The summed E-state index contributed by atoms with van der Waals surface area (Å²) in [5, 5.41) is 0.265. The number of nitrogens with zero attached hydrogens (tertiary/aromatic N) is 4. The number of halogens is 2. The quantitative estimate of drug-likeness (QED) is 0.635. The maximum Gasteiger partial charge on any atom is 0.290 e. The molecule has 0 saturated heterocycles. The molecular formula is C15H14F2N4S2. The molecule has 0 aliphatic heterocycles. The molecule has 0 fully saturated rings. The number of pyridine rings is 2. The SMILES string of the molecule is CCSc1cccnc1-c1nc2cc(SC(F)F)ncc2n1C. The van der Waals surface area contributed by atoms with E-state index >= 15 is 0 Å². The van der Waals surface area contributed by atoms with Crippen LogP contribution in [0.2, 0.25) is 0 Å². The molecule has 0 bridgehead atoms. The van der Waals surface area contributed by atoms with Crippen LogP contribution >= 0.6 is 23.5 Å². The molecule has 0 atom stereocenters. The number of aromatic nitrogens is 4. The monoisotopic (exact) mass is 352 g/mol. The molecule has 0 aliphatic rings. The second-order valence-corrected chi connectivity index (χ2v) is 6.98. The third-order valence-electron chi connectivity index (χ3n) is 3.23. The van der Waals surface area contributed by atoms with E-state index in [0.717, 1.165) is 21.9 Å². The first kappa shape index (κ1) is 16.2. The van der Waals surface area contributed by atoms with Crippen LogP contribution in [-0.4, -0.2) is 31.0 Å². The molecule has 3 rings (SSSR count). The van der Waals surface area contributed by atoms with E-state index < -0.39 is 5.76 Å². The number of thioether (sulfide) groups is 2. The van der Waals surface area contributed by atoms with Crippen LogP contribution in [-0.2, 0) is 7.05 Å². The van der Waals surface area contributed by atoms with Crippen molar-refractivity contribution in [3.8, 4) is 11.5 Å². The number of hydrogen-bond donors (Lipinski definition) is 0. The summed E-state index contributed by atoms with van der Waals surface area (Å²) in [4.78, 5) is 14.1. The normalized spacial score (nSPS) is 11.5. The topological polar surface area (TPSA) is 43.6 Å². The Hall–Kier alpha value is -1.67. The Morgan fingerprint density at radius 2 is 2.13 bits per heavy atom. The van der Waals surface area contributed by atoms with Gasteiger partial charge in [0, 0.05) is 18.1 Å². The van der Waals surface area contributed by atoms with Crippen LogP contribution in [0.4, 0.5) is 8.78 Å². The van der Waals surface area contributed by atoms with Crippen LogP contribution < -0.4 is 0 Å². The van der Waals surface area contributed by atoms with Crippen molar-refractivity contribution in [2.24, 2.45) is 7.05 Å². The van der Waals surface area contributed by atoms with E-state index in [1.165, 1.54) is 0 Å². The molecule has 4 nitrogen and oxygen atoms in total. The van der Waals surface area contributed by atoms with E-state index in [2.05, 4.69) is 21.9 Å². The van der Waals surface area contributed by atoms with Crippen molar-refractivity contribution in [2.45, 2.75) is 22.6 Å². The van der Waals surface area contributed by atoms with Gasteiger partial charge in [0.05, 0.1) is 17.2 Å². The molecular weight excluding hydrogens is 338 g/mol. The molecule has 0 aliphatic carbocycles. The average molecular weight is 352 g/mol. The van der Waals surface area contributed by atoms with Gasteiger partial charge in [0.15, 0.2) is 5.82 Å². The zero-order chi connectivity index (χ0) is 16.4. The third-order valence-corrected chi connectivity index (χ3v) is 4.81. The van der Waals surface area contributed by atoms with Gasteiger partial charge >= 0.3 is 0 Å². The van der Waals surface area contributed by atoms with Crippen molar-refractivity contribution in [3.63, 3.8) is 0 Å². The predicted octanol–water partition coefficient (Wildman–Crippen LogP) is 4.46. The number of fused-ring (bicyclic) bond motifs is 1. The first-order valence-electron chi connectivity index (χ1n) is 6.95. The fraction of sp³-hybridized carbons (Fsp3) is 0.267. The predicted molar refractivity (Wildman–Crippen MR) is 90.0 cm³/mol. The van der Waals surface area contributed by atoms with Gasteiger partial charge in [-0.3, -0.25) is 4.98 Å². The summed E-state index contributed by atoms with van der Waals surface area (Å²) in [6, 6.07) is 5.49. The van der Waals surface area contributed by atoms with Gasteiger partial charge in [-0.05, 0) is 35.7 Å². The van der Waals surface area contributed by atoms with E-state index in [4.69, 9.17) is 0 Å². The maximum atomic E-state index is 12.5. The highest BCUT2D eigenvalue weighted by Gasteiger charge is 2.16. The Labute approximate surface area is 140 Å². The van der Waals surface area contributed by atoms with E-state index in [-0.39, 0.29) is 5.03 Å². The first-order chi connectivity index (χ1) is 11.1. The van der Waals surface area contributed by atoms with Crippen LogP contribution in [0.15, 0.2) is 40.5 Å². The van der Waals surface area contributed by atoms with Crippen molar-refractivity contribution in [3.05, 3.63) is 30.6 Å². The lowest BCUT2D eigenvalue weighted by Gasteiger charge is -2.06. The van der Waals surface area contributed by atoms with Crippen molar-refractivity contribution in [2.75, 3.05) is 5.75 Å². The van der Waals surface area contributed by atoms with E-state index in [0.29, 0.717) is 23.1 Å². The maximum absolute atomic E-state index is 12.5. The van der Waals surface area contributed by atoms with Gasteiger partial charge < -0.3 is 4.57 Å². The fourth-order valence-corrected chi connectivity index (χ4v) is 3.51. The minimum atomic E-state index is -2.49. The Kier molecular flexibility index (Phi) is 4.82. The van der Waals surface area contributed by atoms with E-state index in [1.54, 1.807) is 30.2 Å². The van der Waals surface area contributed by atoms with Gasteiger partial charge in [-0.25, -0.2) is 9.97 Å².